The molecule has 3 heterocycles. The fraction of sp³-hybridized carbons (Fsp3) is 0.526. The lowest BCUT2D eigenvalue weighted by molar-refractivity contribution is 0.0371. The van der Waals surface area contributed by atoms with E-state index < -0.39 is 0 Å². The van der Waals surface area contributed by atoms with Crippen LogP contribution in [0.4, 0.5) is 0 Å². The van der Waals surface area contributed by atoms with E-state index in [-0.39, 0.29) is 5.91 Å². The standard InChI is InChI=1S/C19H27N5O/c1-5-17-13-23(8-9-24(17)14(2)3)19(25)15-6-7-18(20-10-15)16-11-21-22(4)12-16/h6-7,10-12,14,17H,5,8-9,13H2,1-4H3/t17-/m0/s1. The van der Waals surface area contributed by atoms with Crippen molar-refractivity contribution in [2.45, 2.75) is 39.3 Å². The van der Waals surface area contributed by atoms with Crippen LogP contribution >= 0.6 is 0 Å². The maximum atomic E-state index is 12.8. The number of piperazine rings is 1. The zero-order valence-electron chi connectivity index (χ0n) is 15.5. The molecule has 2 aromatic rings. The molecule has 6 heteroatoms. The summed E-state index contributed by atoms with van der Waals surface area (Å²) in [5, 5.41) is 4.16. The molecular formula is C19H27N5O. The second-order valence-electron chi connectivity index (χ2n) is 6.98. The van der Waals surface area contributed by atoms with Gasteiger partial charge in [-0.2, -0.15) is 5.10 Å². The molecule has 0 N–H and O–H groups in total. The lowest BCUT2D eigenvalue weighted by Gasteiger charge is -2.43. The van der Waals surface area contributed by atoms with Crippen molar-refractivity contribution in [2.24, 2.45) is 7.05 Å². The topological polar surface area (TPSA) is 54.3 Å². The van der Waals surface area contributed by atoms with Gasteiger partial charge in [0.2, 0.25) is 0 Å². The van der Waals surface area contributed by atoms with E-state index in [0.29, 0.717) is 17.6 Å². The molecule has 0 unspecified atom stereocenters. The van der Waals surface area contributed by atoms with Gasteiger partial charge in [0, 0.05) is 56.7 Å². The van der Waals surface area contributed by atoms with E-state index in [0.717, 1.165) is 37.3 Å². The van der Waals surface area contributed by atoms with Crippen molar-refractivity contribution in [3.05, 3.63) is 36.3 Å². The summed E-state index contributed by atoms with van der Waals surface area (Å²) < 4.78 is 1.75. The molecule has 1 amide bonds. The highest BCUT2D eigenvalue weighted by Crippen LogP contribution is 2.19. The lowest BCUT2D eigenvalue weighted by atomic mass is 10.1. The first kappa shape index (κ1) is 17.6. The summed E-state index contributed by atoms with van der Waals surface area (Å²) in [7, 11) is 1.88. The van der Waals surface area contributed by atoms with Crippen molar-refractivity contribution in [1.29, 1.82) is 0 Å². The van der Waals surface area contributed by atoms with Gasteiger partial charge < -0.3 is 4.90 Å². The molecule has 0 aromatic carbocycles. The highest BCUT2D eigenvalue weighted by molar-refractivity contribution is 5.94. The molecule has 2 aromatic heterocycles. The third-order valence-corrected chi connectivity index (χ3v) is 4.96. The van der Waals surface area contributed by atoms with Crippen molar-refractivity contribution in [2.75, 3.05) is 19.6 Å². The molecule has 1 saturated heterocycles. The summed E-state index contributed by atoms with van der Waals surface area (Å²) >= 11 is 0. The summed E-state index contributed by atoms with van der Waals surface area (Å²) in [5.41, 5.74) is 2.44. The first-order valence-electron chi connectivity index (χ1n) is 8.99. The number of carbonyl (C=O) groups is 1. The van der Waals surface area contributed by atoms with Crippen LogP contribution in [0.15, 0.2) is 30.7 Å². The van der Waals surface area contributed by atoms with Gasteiger partial charge in [-0.15, -0.1) is 0 Å². The number of hydrogen-bond acceptors (Lipinski definition) is 4. The van der Waals surface area contributed by atoms with Gasteiger partial charge >= 0.3 is 0 Å². The second-order valence-corrected chi connectivity index (χ2v) is 6.98. The first-order chi connectivity index (χ1) is 12.0. The maximum Gasteiger partial charge on any atom is 0.255 e. The van der Waals surface area contributed by atoms with Gasteiger partial charge in [0.1, 0.15) is 0 Å². The fourth-order valence-corrected chi connectivity index (χ4v) is 3.52. The Kier molecular flexibility index (Phi) is 5.18. The molecule has 0 saturated carbocycles. The van der Waals surface area contributed by atoms with E-state index >= 15 is 0 Å². The average Bonchev–Trinajstić information content (AvgIpc) is 3.07. The number of carbonyl (C=O) groups excluding carboxylic acids is 1. The van der Waals surface area contributed by atoms with Gasteiger partial charge in [-0.3, -0.25) is 19.4 Å². The molecule has 3 rings (SSSR count). The molecule has 0 bridgehead atoms. The predicted molar refractivity (Wildman–Crippen MR) is 98.3 cm³/mol. The minimum atomic E-state index is 0.0760. The largest absolute Gasteiger partial charge is 0.336 e. The van der Waals surface area contributed by atoms with E-state index in [1.54, 1.807) is 17.1 Å². The van der Waals surface area contributed by atoms with Crippen LogP contribution in [-0.2, 0) is 7.05 Å². The van der Waals surface area contributed by atoms with Gasteiger partial charge in [0.25, 0.3) is 5.91 Å². The van der Waals surface area contributed by atoms with Crippen LogP contribution < -0.4 is 0 Å². The Morgan fingerprint density at radius 3 is 2.64 bits per heavy atom. The summed E-state index contributed by atoms with van der Waals surface area (Å²) in [4.78, 5) is 21.7. The molecule has 6 nitrogen and oxygen atoms in total. The van der Waals surface area contributed by atoms with E-state index in [4.69, 9.17) is 0 Å². The predicted octanol–water partition coefficient (Wildman–Crippen LogP) is 2.43. The maximum absolute atomic E-state index is 12.8. The van der Waals surface area contributed by atoms with Gasteiger partial charge in [-0.05, 0) is 32.4 Å². The average molecular weight is 341 g/mol. The molecule has 0 radical (unpaired) electrons. The molecule has 0 aliphatic carbocycles. The number of rotatable bonds is 4. The number of pyridine rings is 1. The number of hydrogen-bond donors (Lipinski definition) is 0. The molecular weight excluding hydrogens is 314 g/mol. The molecule has 1 atom stereocenters. The Labute approximate surface area is 149 Å². The number of nitrogens with zero attached hydrogens (tertiary/aromatic N) is 5. The molecule has 1 fully saturated rings. The normalized spacial score (nSPS) is 18.8. The zero-order valence-corrected chi connectivity index (χ0v) is 15.5. The summed E-state index contributed by atoms with van der Waals surface area (Å²) in [6.07, 6.45) is 6.43. The highest BCUT2D eigenvalue weighted by atomic mass is 16.2. The van der Waals surface area contributed by atoms with E-state index in [2.05, 4.69) is 35.8 Å². The van der Waals surface area contributed by atoms with Gasteiger partial charge in [0.05, 0.1) is 17.5 Å². The van der Waals surface area contributed by atoms with E-state index in [9.17, 15) is 4.79 Å². The lowest BCUT2D eigenvalue weighted by Crippen LogP contribution is -2.56. The number of aryl methyl sites for hydroxylation is 1. The molecule has 1 aliphatic rings. The second kappa shape index (κ2) is 7.35. The number of aromatic nitrogens is 3. The Balaban J connectivity index is 1.71. The van der Waals surface area contributed by atoms with Gasteiger partial charge in [-0.25, -0.2) is 0 Å². The molecule has 1 aliphatic heterocycles. The van der Waals surface area contributed by atoms with Crippen molar-refractivity contribution in [1.82, 2.24) is 24.6 Å². The van der Waals surface area contributed by atoms with Gasteiger partial charge in [-0.1, -0.05) is 6.92 Å². The quantitative estimate of drug-likeness (QED) is 0.857. The van der Waals surface area contributed by atoms with Crippen LogP contribution in [0.25, 0.3) is 11.3 Å². The van der Waals surface area contributed by atoms with Crippen LogP contribution in [0.1, 0.15) is 37.6 Å². The smallest absolute Gasteiger partial charge is 0.255 e. The van der Waals surface area contributed by atoms with E-state index in [1.807, 2.05) is 30.3 Å². The van der Waals surface area contributed by atoms with Crippen LogP contribution in [-0.4, -0.2) is 62.2 Å². The molecule has 0 spiro atoms. The van der Waals surface area contributed by atoms with Crippen molar-refractivity contribution < 1.29 is 4.79 Å². The fourth-order valence-electron chi connectivity index (χ4n) is 3.52. The summed E-state index contributed by atoms with van der Waals surface area (Å²) in [6.45, 7) is 9.14. The number of amides is 1. The summed E-state index contributed by atoms with van der Waals surface area (Å²) in [5.74, 6) is 0.0760. The SMILES string of the molecule is CC[C@H]1CN(C(=O)c2ccc(-c3cnn(C)c3)nc2)CCN1C(C)C. The Morgan fingerprint density at radius 2 is 2.08 bits per heavy atom. The van der Waals surface area contributed by atoms with Crippen molar-refractivity contribution >= 4 is 5.91 Å². The minimum absolute atomic E-state index is 0.0760. The third kappa shape index (κ3) is 3.74. The molecule has 25 heavy (non-hydrogen) atoms. The zero-order chi connectivity index (χ0) is 18.0. The van der Waals surface area contributed by atoms with Crippen LogP contribution in [0.2, 0.25) is 0 Å². The Hall–Kier alpha value is -2.21. The Bertz CT molecular complexity index is 722. The van der Waals surface area contributed by atoms with Crippen LogP contribution in [0.3, 0.4) is 0 Å². The minimum Gasteiger partial charge on any atom is -0.336 e. The first-order valence-corrected chi connectivity index (χ1v) is 8.99. The van der Waals surface area contributed by atoms with Crippen molar-refractivity contribution in [3.8, 4) is 11.3 Å². The van der Waals surface area contributed by atoms with Crippen LogP contribution in [0, 0.1) is 0 Å². The van der Waals surface area contributed by atoms with Crippen molar-refractivity contribution in [3.63, 3.8) is 0 Å². The van der Waals surface area contributed by atoms with Crippen LogP contribution in [0.5, 0.6) is 0 Å². The Morgan fingerprint density at radius 1 is 1.28 bits per heavy atom. The third-order valence-electron chi connectivity index (χ3n) is 4.96. The van der Waals surface area contributed by atoms with Gasteiger partial charge in [0.15, 0.2) is 0 Å². The highest BCUT2D eigenvalue weighted by Gasteiger charge is 2.30. The monoisotopic (exact) mass is 341 g/mol. The van der Waals surface area contributed by atoms with E-state index in [1.165, 1.54) is 0 Å². The summed E-state index contributed by atoms with van der Waals surface area (Å²) in [6, 6.07) is 4.71. The molecule has 134 valence electrons.